The predicted octanol–water partition coefficient (Wildman–Crippen LogP) is 2.73. The summed E-state index contributed by atoms with van der Waals surface area (Å²) in [5.74, 6) is 1.09. The molecule has 0 saturated carbocycles. The summed E-state index contributed by atoms with van der Waals surface area (Å²) in [4.78, 5) is 0. The van der Waals surface area contributed by atoms with E-state index in [1.165, 1.54) is 0 Å². The van der Waals surface area contributed by atoms with Gasteiger partial charge in [0.25, 0.3) is 0 Å². The summed E-state index contributed by atoms with van der Waals surface area (Å²) in [6, 6.07) is 5.39. The molecule has 1 aliphatic heterocycles. The molecule has 1 fully saturated rings. The van der Waals surface area contributed by atoms with Crippen LogP contribution in [0.4, 0.5) is 5.69 Å². The fourth-order valence-electron chi connectivity index (χ4n) is 2.08. The Labute approximate surface area is 119 Å². The van der Waals surface area contributed by atoms with Gasteiger partial charge in [-0.15, -0.1) is 0 Å². The largest absolute Gasteiger partial charge is 0.489 e. The quantitative estimate of drug-likeness (QED) is 0.929. The molecular formula is C13H18ClNO3S. The molecule has 1 N–H and O–H groups in total. The van der Waals surface area contributed by atoms with Crippen molar-refractivity contribution in [2.75, 3.05) is 16.8 Å². The molecule has 1 heterocycles. The lowest BCUT2D eigenvalue weighted by Gasteiger charge is -2.15. The second kappa shape index (κ2) is 5.59. The average molecular weight is 304 g/mol. The number of ether oxygens (including phenoxy) is 1. The van der Waals surface area contributed by atoms with E-state index in [0.717, 1.165) is 5.69 Å². The number of hydrogen-bond acceptors (Lipinski definition) is 4. The van der Waals surface area contributed by atoms with Crippen LogP contribution in [0.2, 0.25) is 5.02 Å². The molecule has 0 amide bonds. The van der Waals surface area contributed by atoms with E-state index in [4.69, 9.17) is 16.3 Å². The van der Waals surface area contributed by atoms with Crippen molar-refractivity contribution < 1.29 is 13.2 Å². The van der Waals surface area contributed by atoms with E-state index in [2.05, 4.69) is 5.32 Å². The lowest BCUT2D eigenvalue weighted by atomic mass is 10.2. The van der Waals surface area contributed by atoms with Crippen LogP contribution in [0, 0.1) is 0 Å². The minimum Gasteiger partial charge on any atom is -0.489 e. The smallest absolute Gasteiger partial charge is 0.152 e. The lowest BCUT2D eigenvalue weighted by molar-refractivity contribution is 0.242. The summed E-state index contributed by atoms with van der Waals surface area (Å²) in [6.07, 6.45) is 0.709. The summed E-state index contributed by atoms with van der Waals surface area (Å²) >= 11 is 6.13. The van der Waals surface area contributed by atoms with Crippen molar-refractivity contribution in [2.45, 2.75) is 32.4 Å². The molecule has 2 rings (SSSR count). The first-order valence-corrected chi connectivity index (χ1v) is 8.49. The van der Waals surface area contributed by atoms with Crippen LogP contribution < -0.4 is 10.1 Å². The van der Waals surface area contributed by atoms with E-state index in [9.17, 15) is 8.42 Å². The molecule has 1 saturated heterocycles. The van der Waals surface area contributed by atoms with Gasteiger partial charge < -0.3 is 10.1 Å². The van der Waals surface area contributed by atoms with Crippen molar-refractivity contribution in [1.82, 2.24) is 0 Å². The standard InChI is InChI=1S/C13H18ClNO3S/c1-9(2)18-13-4-3-10(7-12(13)14)15-11-5-6-19(16,17)8-11/h3-4,7,9,11,15H,5-6,8H2,1-2H3. The van der Waals surface area contributed by atoms with Crippen LogP contribution in [0.3, 0.4) is 0 Å². The van der Waals surface area contributed by atoms with Crippen molar-refractivity contribution in [1.29, 1.82) is 0 Å². The summed E-state index contributed by atoms with van der Waals surface area (Å²) < 4.78 is 28.3. The van der Waals surface area contributed by atoms with Crippen molar-refractivity contribution in [2.24, 2.45) is 0 Å². The molecule has 1 aromatic rings. The number of sulfone groups is 1. The van der Waals surface area contributed by atoms with Crippen LogP contribution in [0.15, 0.2) is 18.2 Å². The van der Waals surface area contributed by atoms with Crippen LogP contribution in [0.25, 0.3) is 0 Å². The molecule has 1 unspecified atom stereocenters. The molecule has 0 radical (unpaired) electrons. The Kier molecular flexibility index (Phi) is 4.26. The minimum absolute atomic E-state index is 0.0297. The van der Waals surface area contributed by atoms with E-state index in [-0.39, 0.29) is 23.7 Å². The number of nitrogens with one attached hydrogen (secondary N) is 1. The van der Waals surface area contributed by atoms with Gasteiger partial charge in [-0.25, -0.2) is 8.42 Å². The van der Waals surface area contributed by atoms with Gasteiger partial charge in [0.15, 0.2) is 9.84 Å². The first kappa shape index (κ1) is 14.5. The van der Waals surface area contributed by atoms with E-state index in [1.807, 2.05) is 19.9 Å². The molecule has 6 heteroatoms. The first-order valence-electron chi connectivity index (χ1n) is 6.29. The van der Waals surface area contributed by atoms with Gasteiger partial charge in [0.1, 0.15) is 5.75 Å². The van der Waals surface area contributed by atoms with Gasteiger partial charge >= 0.3 is 0 Å². The predicted molar refractivity (Wildman–Crippen MR) is 77.9 cm³/mol. The maximum Gasteiger partial charge on any atom is 0.152 e. The molecule has 0 aromatic heterocycles. The van der Waals surface area contributed by atoms with Crippen LogP contribution in [0.5, 0.6) is 5.75 Å². The third kappa shape index (κ3) is 4.01. The summed E-state index contributed by atoms with van der Waals surface area (Å²) in [7, 11) is -2.87. The van der Waals surface area contributed by atoms with Crippen molar-refractivity contribution in [3.8, 4) is 5.75 Å². The molecular weight excluding hydrogens is 286 g/mol. The summed E-state index contributed by atoms with van der Waals surface area (Å²) in [6.45, 7) is 3.87. The second-order valence-electron chi connectivity index (χ2n) is 5.06. The monoisotopic (exact) mass is 303 g/mol. The first-order chi connectivity index (χ1) is 8.85. The van der Waals surface area contributed by atoms with Gasteiger partial charge in [-0.1, -0.05) is 11.6 Å². The Hall–Kier alpha value is -0.940. The molecule has 0 bridgehead atoms. The maximum absolute atomic E-state index is 11.4. The number of anilines is 1. The number of rotatable bonds is 4. The minimum atomic E-state index is -2.87. The van der Waals surface area contributed by atoms with Crippen molar-refractivity contribution in [3.05, 3.63) is 23.2 Å². The molecule has 106 valence electrons. The number of halogens is 1. The Morgan fingerprint density at radius 2 is 2.16 bits per heavy atom. The normalized spacial score (nSPS) is 21.6. The van der Waals surface area contributed by atoms with Gasteiger partial charge in [-0.05, 0) is 38.5 Å². The van der Waals surface area contributed by atoms with E-state index < -0.39 is 9.84 Å². The zero-order valence-electron chi connectivity index (χ0n) is 11.0. The van der Waals surface area contributed by atoms with Gasteiger partial charge in [-0.2, -0.15) is 0 Å². The fraction of sp³-hybridized carbons (Fsp3) is 0.538. The summed E-state index contributed by atoms with van der Waals surface area (Å²) in [5, 5.41) is 3.73. The van der Waals surface area contributed by atoms with Crippen LogP contribution >= 0.6 is 11.6 Å². The maximum atomic E-state index is 11.4. The number of hydrogen-bond donors (Lipinski definition) is 1. The molecule has 4 nitrogen and oxygen atoms in total. The highest BCUT2D eigenvalue weighted by molar-refractivity contribution is 7.91. The van der Waals surface area contributed by atoms with Crippen LogP contribution in [-0.4, -0.2) is 32.1 Å². The zero-order chi connectivity index (χ0) is 14.0. The SMILES string of the molecule is CC(C)Oc1ccc(NC2CCS(=O)(=O)C2)cc1Cl. The van der Waals surface area contributed by atoms with E-state index in [0.29, 0.717) is 17.2 Å². The highest BCUT2D eigenvalue weighted by Gasteiger charge is 2.27. The highest BCUT2D eigenvalue weighted by Crippen LogP contribution is 2.29. The topological polar surface area (TPSA) is 55.4 Å². The molecule has 1 aromatic carbocycles. The van der Waals surface area contributed by atoms with Gasteiger partial charge in [0.2, 0.25) is 0 Å². The highest BCUT2D eigenvalue weighted by atomic mass is 35.5. The Balaban J connectivity index is 2.04. The average Bonchev–Trinajstić information content (AvgIpc) is 2.61. The Morgan fingerprint density at radius 1 is 1.42 bits per heavy atom. The molecule has 0 spiro atoms. The van der Waals surface area contributed by atoms with Crippen molar-refractivity contribution in [3.63, 3.8) is 0 Å². The van der Waals surface area contributed by atoms with Crippen molar-refractivity contribution >= 4 is 27.1 Å². The molecule has 1 aliphatic rings. The second-order valence-corrected chi connectivity index (χ2v) is 7.69. The lowest BCUT2D eigenvalue weighted by Crippen LogP contribution is -2.20. The van der Waals surface area contributed by atoms with Gasteiger partial charge in [-0.3, -0.25) is 0 Å². The van der Waals surface area contributed by atoms with Crippen LogP contribution in [0.1, 0.15) is 20.3 Å². The van der Waals surface area contributed by atoms with Gasteiger partial charge in [0, 0.05) is 11.7 Å². The van der Waals surface area contributed by atoms with E-state index >= 15 is 0 Å². The molecule has 1 atom stereocenters. The van der Waals surface area contributed by atoms with E-state index in [1.54, 1.807) is 12.1 Å². The molecule has 19 heavy (non-hydrogen) atoms. The molecule has 0 aliphatic carbocycles. The third-order valence-electron chi connectivity index (χ3n) is 2.90. The Morgan fingerprint density at radius 3 is 2.68 bits per heavy atom. The third-order valence-corrected chi connectivity index (χ3v) is 4.96. The summed E-state index contributed by atoms with van der Waals surface area (Å²) in [5.41, 5.74) is 0.822. The zero-order valence-corrected chi connectivity index (χ0v) is 12.6. The van der Waals surface area contributed by atoms with Crippen LogP contribution in [-0.2, 0) is 9.84 Å². The Bertz CT molecular complexity index is 557. The number of benzene rings is 1. The fourth-order valence-corrected chi connectivity index (χ4v) is 3.98. The van der Waals surface area contributed by atoms with Gasteiger partial charge in [0.05, 0.1) is 22.6 Å².